The predicted molar refractivity (Wildman–Crippen MR) is 161 cm³/mol. The first kappa shape index (κ1) is 29.6. The summed E-state index contributed by atoms with van der Waals surface area (Å²) in [6, 6.07) is 11.4. The summed E-state index contributed by atoms with van der Waals surface area (Å²) in [6.45, 7) is 12.8. The Balaban J connectivity index is 1.21. The summed E-state index contributed by atoms with van der Waals surface area (Å²) in [5.74, 6) is 2.75. The molecule has 3 aliphatic heterocycles. The van der Waals surface area contributed by atoms with Crippen LogP contribution in [0.15, 0.2) is 36.4 Å². The largest absolute Gasteiger partial charge is 0.493 e. The van der Waals surface area contributed by atoms with Crippen molar-refractivity contribution >= 4 is 11.6 Å². The molecule has 2 atom stereocenters. The maximum atomic E-state index is 13.4. The van der Waals surface area contributed by atoms with E-state index in [2.05, 4.69) is 40.7 Å². The second-order valence-corrected chi connectivity index (χ2v) is 12.3. The zero-order chi connectivity index (χ0) is 28.9. The van der Waals surface area contributed by atoms with Gasteiger partial charge in [0.2, 0.25) is 5.91 Å². The highest BCUT2D eigenvalue weighted by Crippen LogP contribution is 2.36. The van der Waals surface area contributed by atoms with Gasteiger partial charge in [-0.25, -0.2) is 4.39 Å². The Labute approximate surface area is 245 Å². The maximum absolute atomic E-state index is 13.4. The van der Waals surface area contributed by atoms with Crippen LogP contribution in [0.4, 0.5) is 10.1 Å². The molecule has 2 saturated heterocycles. The molecule has 0 aromatic heterocycles. The summed E-state index contributed by atoms with van der Waals surface area (Å²) in [5.41, 5.74) is 3.70. The van der Waals surface area contributed by atoms with Crippen molar-refractivity contribution in [1.82, 2.24) is 14.7 Å². The highest BCUT2D eigenvalue weighted by Gasteiger charge is 2.36. The molecule has 1 amide bonds. The summed E-state index contributed by atoms with van der Waals surface area (Å²) in [5, 5.41) is 0. The van der Waals surface area contributed by atoms with E-state index in [0.717, 1.165) is 95.4 Å². The zero-order valence-electron chi connectivity index (χ0n) is 25.3. The molecule has 5 rings (SSSR count). The zero-order valence-corrected chi connectivity index (χ0v) is 25.3. The van der Waals surface area contributed by atoms with Gasteiger partial charge >= 0.3 is 0 Å². The minimum atomic E-state index is -0.218. The lowest BCUT2D eigenvalue weighted by Gasteiger charge is -2.46. The van der Waals surface area contributed by atoms with Crippen molar-refractivity contribution in [2.75, 3.05) is 71.5 Å². The minimum Gasteiger partial charge on any atom is -0.493 e. The number of fused-ring (bicyclic) bond motifs is 1. The van der Waals surface area contributed by atoms with Crippen LogP contribution in [0, 0.1) is 17.7 Å². The molecule has 0 saturated carbocycles. The molecule has 0 bridgehead atoms. The summed E-state index contributed by atoms with van der Waals surface area (Å²) in [7, 11) is 3.40. The topological polar surface area (TPSA) is 48.5 Å². The summed E-state index contributed by atoms with van der Waals surface area (Å²) in [4.78, 5) is 22.9. The third-order valence-corrected chi connectivity index (χ3v) is 9.17. The van der Waals surface area contributed by atoms with Crippen LogP contribution in [0.2, 0.25) is 0 Å². The van der Waals surface area contributed by atoms with Crippen molar-refractivity contribution in [2.45, 2.75) is 52.1 Å². The second-order valence-electron chi connectivity index (χ2n) is 12.3. The number of halogens is 1. The van der Waals surface area contributed by atoms with Crippen molar-refractivity contribution in [3.05, 3.63) is 53.3 Å². The lowest BCUT2D eigenvalue weighted by atomic mass is 9.84. The number of likely N-dealkylation sites (tertiary alicyclic amines) is 1. The maximum Gasteiger partial charge on any atom is 0.222 e. The number of hydrogen-bond donors (Lipinski definition) is 0. The molecule has 0 radical (unpaired) electrons. The molecule has 3 aliphatic rings. The van der Waals surface area contributed by atoms with Crippen molar-refractivity contribution < 1.29 is 18.7 Å². The standard InChI is InChI=1S/C33H47FN4O3/c1-24(2)21-35-13-12-30(38-14-11-25-19-31(40-3)32(41-4)20-27(25)23-38)26(22-35)5-10-33(39)37-17-15-36(16-18-37)29-8-6-28(34)7-9-29/h6-9,19-20,24,26,30H,5,10-18,21-23H2,1-4H3/t26-,30+/m1/s1. The number of methoxy groups -OCH3 is 2. The van der Waals surface area contributed by atoms with Crippen LogP contribution in [0.1, 0.15) is 44.2 Å². The summed E-state index contributed by atoms with van der Waals surface area (Å²) >= 11 is 0. The van der Waals surface area contributed by atoms with Gasteiger partial charge in [-0.15, -0.1) is 0 Å². The Morgan fingerprint density at radius 3 is 2.29 bits per heavy atom. The molecule has 8 heteroatoms. The smallest absolute Gasteiger partial charge is 0.222 e. The molecule has 0 unspecified atom stereocenters. The lowest BCUT2D eigenvalue weighted by molar-refractivity contribution is -0.132. The fraction of sp³-hybridized carbons (Fsp3) is 0.606. The number of benzene rings is 2. The number of ether oxygens (including phenoxy) is 2. The van der Waals surface area contributed by atoms with Crippen LogP contribution in [0.25, 0.3) is 0 Å². The molecule has 41 heavy (non-hydrogen) atoms. The third-order valence-electron chi connectivity index (χ3n) is 9.17. The number of piperidine rings is 1. The molecule has 2 aromatic carbocycles. The van der Waals surface area contributed by atoms with Crippen LogP contribution < -0.4 is 14.4 Å². The van der Waals surface area contributed by atoms with E-state index in [9.17, 15) is 9.18 Å². The van der Waals surface area contributed by atoms with Crippen molar-refractivity contribution in [3.63, 3.8) is 0 Å². The molecule has 2 aromatic rings. The molecular weight excluding hydrogens is 519 g/mol. The van der Waals surface area contributed by atoms with E-state index < -0.39 is 0 Å². The molecule has 3 heterocycles. The van der Waals surface area contributed by atoms with E-state index in [0.29, 0.717) is 24.3 Å². The fourth-order valence-electron chi connectivity index (χ4n) is 7.06. The van der Waals surface area contributed by atoms with Crippen LogP contribution >= 0.6 is 0 Å². The molecule has 0 N–H and O–H groups in total. The van der Waals surface area contributed by atoms with E-state index in [-0.39, 0.29) is 11.7 Å². The van der Waals surface area contributed by atoms with Gasteiger partial charge in [-0.2, -0.15) is 0 Å². The number of piperazine rings is 1. The fourth-order valence-corrected chi connectivity index (χ4v) is 7.06. The number of amides is 1. The Hall–Kier alpha value is -2.84. The Morgan fingerprint density at radius 2 is 1.63 bits per heavy atom. The van der Waals surface area contributed by atoms with E-state index in [4.69, 9.17) is 9.47 Å². The highest BCUT2D eigenvalue weighted by atomic mass is 19.1. The van der Waals surface area contributed by atoms with Gasteiger partial charge in [0.05, 0.1) is 14.2 Å². The van der Waals surface area contributed by atoms with Gasteiger partial charge in [0, 0.05) is 70.5 Å². The van der Waals surface area contributed by atoms with Gasteiger partial charge in [0.15, 0.2) is 11.5 Å². The van der Waals surface area contributed by atoms with Gasteiger partial charge in [0.25, 0.3) is 0 Å². The van der Waals surface area contributed by atoms with Gasteiger partial charge < -0.3 is 24.2 Å². The monoisotopic (exact) mass is 566 g/mol. The normalized spacial score (nSPS) is 22.1. The third kappa shape index (κ3) is 7.15. The lowest BCUT2D eigenvalue weighted by Crippen LogP contribution is -2.53. The molecule has 7 nitrogen and oxygen atoms in total. The van der Waals surface area contributed by atoms with Crippen molar-refractivity contribution in [1.29, 1.82) is 0 Å². The summed E-state index contributed by atoms with van der Waals surface area (Å²) < 4.78 is 24.5. The number of carbonyl (C=O) groups excluding carboxylic acids is 1. The van der Waals surface area contributed by atoms with Crippen LogP contribution in [0.3, 0.4) is 0 Å². The molecule has 224 valence electrons. The van der Waals surface area contributed by atoms with Crippen LogP contribution in [-0.2, 0) is 17.8 Å². The average Bonchev–Trinajstić information content (AvgIpc) is 2.99. The molecule has 0 aliphatic carbocycles. The van der Waals surface area contributed by atoms with Gasteiger partial charge in [-0.05, 0) is 85.2 Å². The Morgan fingerprint density at radius 1 is 0.951 bits per heavy atom. The number of hydrogen-bond acceptors (Lipinski definition) is 6. The average molecular weight is 567 g/mol. The number of carbonyl (C=O) groups is 1. The molecule has 2 fully saturated rings. The van der Waals surface area contributed by atoms with Crippen LogP contribution in [-0.4, -0.2) is 93.2 Å². The Bertz CT molecular complexity index is 1170. The first-order valence-corrected chi connectivity index (χ1v) is 15.3. The first-order chi connectivity index (χ1) is 19.8. The summed E-state index contributed by atoms with van der Waals surface area (Å²) in [6.07, 6.45) is 3.67. The van der Waals surface area contributed by atoms with Gasteiger partial charge in [-0.1, -0.05) is 13.8 Å². The molecular formula is C33H47FN4O3. The van der Waals surface area contributed by atoms with Gasteiger partial charge in [-0.3, -0.25) is 9.69 Å². The van der Waals surface area contributed by atoms with Gasteiger partial charge in [0.1, 0.15) is 5.82 Å². The SMILES string of the molecule is COc1cc2c(cc1OC)CN([C@H]1CCN(CC(C)C)C[C@H]1CCC(=O)N1CCN(c3ccc(F)cc3)CC1)CC2. The number of nitrogens with zero attached hydrogens (tertiary/aromatic N) is 4. The number of anilines is 1. The highest BCUT2D eigenvalue weighted by molar-refractivity contribution is 5.76. The van der Waals surface area contributed by atoms with E-state index in [1.165, 1.54) is 23.3 Å². The second kappa shape index (κ2) is 13.4. The Kier molecular flexibility index (Phi) is 9.71. The van der Waals surface area contributed by atoms with E-state index in [1.807, 2.05) is 17.0 Å². The van der Waals surface area contributed by atoms with E-state index >= 15 is 0 Å². The minimum absolute atomic E-state index is 0.218. The quantitative estimate of drug-likeness (QED) is 0.440. The van der Waals surface area contributed by atoms with Crippen molar-refractivity contribution in [3.8, 4) is 11.5 Å². The number of rotatable bonds is 9. The first-order valence-electron chi connectivity index (χ1n) is 15.3. The van der Waals surface area contributed by atoms with Crippen molar-refractivity contribution in [2.24, 2.45) is 11.8 Å². The molecule has 0 spiro atoms. The van der Waals surface area contributed by atoms with E-state index in [1.54, 1.807) is 14.2 Å². The van der Waals surface area contributed by atoms with Crippen LogP contribution in [0.5, 0.6) is 11.5 Å². The predicted octanol–water partition coefficient (Wildman–Crippen LogP) is 4.68.